The third kappa shape index (κ3) is 3.78. The molecule has 1 aliphatic carbocycles. The summed E-state index contributed by atoms with van der Waals surface area (Å²) in [5, 5.41) is 0. The van der Waals surface area contributed by atoms with Crippen molar-refractivity contribution in [3.05, 3.63) is 0 Å². The summed E-state index contributed by atoms with van der Waals surface area (Å²) in [6.07, 6.45) is 3.60. The molecule has 0 N–H and O–H groups in total. The molecule has 0 aromatic heterocycles. The molecule has 1 aliphatic rings. The van der Waals surface area contributed by atoms with Crippen LogP contribution in [0.2, 0.25) is 0 Å². The van der Waals surface area contributed by atoms with Crippen LogP contribution in [-0.2, 0) is 0 Å². The zero-order valence-electron chi connectivity index (χ0n) is 13.5. The second kappa shape index (κ2) is 6.14. The molecule has 0 bridgehead atoms. The van der Waals surface area contributed by atoms with Crippen LogP contribution in [0.15, 0.2) is 0 Å². The molecule has 0 aliphatic heterocycles. The van der Waals surface area contributed by atoms with E-state index in [1.54, 1.807) is 0 Å². The van der Waals surface area contributed by atoms with Crippen LogP contribution in [0.4, 0.5) is 0 Å². The van der Waals surface area contributed by atoms with Gasteiger partial charge >= 0.3 is 0 Å². The van der Waals surface area contributed by atoms with Gasteiger partial charge in [0.15, 0.2) is 0 Å². The molecule has 0 heterocycles. The Balaban J connectivity index is 2.54. The second-order valence-corrected chi connectivity index (χ2v) is 7.66. The lowest BCUT2D eigenvalue weighted by molar-refractivity contribution is -0.00763. The minimum Gasteiger partial charge on any atom is -0.103 e. The Morgan fingerprint density at radius 3 is 2.22 bits per heavy atom. The number of rotatable bonds is 3. The average Bonchev–Trinajstić information content (AvgIpc) is 2.23. The minimum atomic E-state index is 0.420. The Bertz CT molecular complexity index is 307. The van der Waals surface area contributed by atoms with E-state index in [9.17, 15) is 0 Å². The van der Waals surface area contributed by atoms with E-state index in [0.717, 1.165) is 30.1 Å². The van der Waals surface area contributed by atoms with Crippen LogP contribution in [0.25, 0.3) is 0 Å². The van der Waals surface area contributed by atoms with Gasteiger partial charge in [-0.05, 0) is 35.5 Å². The molecule has 0 aromatic rings. The van der Waals surface area contributed by atoms with Crippen molar-refractivity contribution in [3.8, 4) is 11.8 Å². The van der Waals surface area contributed by atoms with Gasteiger partial charge < -0.3 is 0 Å². The van der Waals surface area contributed by atoms with Gasteiger partial charge in [-0.2, -0.15) is 0 Å². The van der Waals surface area contributed by atoms with E-state index in [-0.39, 0.29) is 0 Å². The van der Waals surface area contributed by atoms with E-state index in [1.165, 1.54) is 12.8 Å². The van der Waals surface area contributed by atoms with Crippen LogP contribution >= 0.6 is 0 Å². The third-order valence-corrected chi connectivity index (χ3v) is 4.66. The molecule has 1 fully saturated rings. The maximum atomic E-state index is 3.59. The molecule has 0 nitrogen and oxygen atoms in total. The fourth-order valence-corrected chi connectivity index (χ4v) is 3.50. The Kier molecular flexibility index (Phi) is 5.32. The highest BCUT2D eigenvalue weighted by Gasteiger charge is 2.46. The highest BCUT2D eigenvalue weighted by molar-refractivity contribution is 5.14. The molecule has 1 saturated carbocycles. The minimum absolute atomic E-state index is 0.420. The molecule has 1 rings (SSSR count). The fourth-order valence-electron chi connectivity index (χ4n) is 3.50. The van der Waals surface area contributed by atoms with Crippen LogP contribution in [-0.4, -0.2) is 0 Å². The van der Waals surface area contributed by atoms with Crippen molar-refractivity contribution in [1.29, 1.82) is 0 Å². The summed E-state index contributed by atoms with van der Waals surface area (Å²) in [6, 6.07) is 0. The Hall–Kier alpha value is -0.440. The quantitative estimate of drug-likeness (QED) is 0.588. The maximum Gasteiger partial charge on any atom is 0.0264 e. The summed E-state index contributed by atoms with van der Waals surface area (Å²) >= 11 is 0. The summed E-state index contributed by atoms with van der Waals surface area (Å²) in [4.78, 5) is 0. The lowest BCUT2D eigenvalue weighted by Gasteiger charge is -2.50. The largest absolute Gasteiger partial charge is 0.103 e. The summed E-state index contributed by atoms with van der Waals surface area (Å²) in [6.45, 7) is 16.3. The van der Waals surface area contributed by atoms with Gasteiger partial charge in [0, 0.05) is 12.3 Å². The molecule has 0 amide bonds. The predicted molar refractivity (Wildman–Crippen MR) is 81.2 cm³/mol. The standard InChI is InChI=1S/C18H32/c1-8-15-14(4)16(17(15)13(2)3)11-9-10-12-18(5,6)7/h13-17H,8,10,12H2,1-7H3. The zero-order valence-corrected chi connectivity index (χ0v) is 13.5. The second-order valence-electron chi connectivity index (χ2n) is 7.66. The molecule has 0 radical (unpaired) electrons. The first-order valence-electron chi connectivity index (χ1n) is 7.76. The first-order chi connectivity index (χ1) is 8.28. The van der Waals surface area contributed by atoms with Gasteiger partial charge in [0.05, 0.1) is 0 Å². The third-order valence-electron chi connectivity index (χ3n) is 4.66. The lowest BCUT2D eigenvalue weighted by atomic mass is 9.53. The van der Waals surface area contributed by atoms with Gasteiger partial charge in [-0.15, -0.1) is 5.92 Å². The van der Waals surface area contributed by atoms with Crippen molar-refractivity contribution in [1.82, 2.24) is 0 Å². The van der Waals surface area contributed by atoms with Gasteiger partial charge in [0.2, 0.25) is 0 Å². The molecule has 104 valence electrons. The van der Waals surface area contributed by atoms with Crippen LogP contribution in [0.5, 0.6) is 0 Å². The smallest absolute Gasteiger partial charge is 0.0264 e. The first-order valence-corrected chi connectivity index (χ1v) is 7.76. The monoisotopic (exact) mass is 248 g/mol. The molecular formula is C18H32. The highest BCUT2D eigenvalue weighted by Crippen LogP contribution is 2.50. The highest BCUT2D eigenvalue weighted by atomic mass is 14.5. The topological polar surface area (TPSA) is 0 Å². The Morgan fingerprint density at radius 2 is 1.78 bits per heavy atom. The molecule has 0 heteroatoms. The van der Waals surface area contributed by atoms with E-state index >= 15 is 0 Å². The van der Waals surface area contributed by atoms with Crippen molar-refractivity contribution in [2.45, 2.75) is 67.7 Å². The molecule has 4 atom stereocenters. The zero-order chi connectivity index (χ0) is 13.9. The van der Waals surface area contributed by atoms with Gasteiger partial charge in [-0.25, -0.2) is 0 Å². The average molecular weight is 248 g/mol. The molecule has 0 saturated heterocycles. The van der Waals surface area contributed by atoms with Crippen molar-refractivity contribution >= 4 is 0 Å². The Morgan fingerprint density at radius 1 is 1.17 bits per heavy atom. The van der Waals surface area contributed by atoms with Crippen LogP contribution in [0, 0.1) is 46.8 Å². The van der Waals surface area contributed by atoms with E-state index in [2.05, 4.69) is 60.3 Å². The van der Waals surface area contributed by atoms with E-state index < -0.39 is 0 Å². The maximum absolute atomic E-state index is 3.59. The van der Waals surface area contributed by atoms with Gasteiger partial charge in [0.25, 0.3) is 0 Å². The molecule has 0 aromatic carbocycles. The summed E-state index contributed by atoms with van der Waals surface area (Å²) < 4.78 is 0. The summed E-state index contributed by atoms with van der Waals surface area (Å²) in [5.74, 6) is 11.0. The predicted octanol–water partition coefficient (Wildman–Crippen LogP) is 5.38. The van der Waals surface area contributed by atoms with Crippen molar-refractivity contribution < 1.29 is 0 Å². The normalized spacial score (nSPS) is 31.8. The Labute approximate surface area is 115 Å². The molecule has 0 spiro atoms. The van der Waals surface area contributed by atoms with E-state index in [1.807, 2.05) is 0 Å². The fraction of sp³-hybridized carbons (Fsp3) is 0.889. The van der Waals surface area contributed by atoms with Crippen LogP contribution in [0.1, 0.15) is 67.7 Å². The van der Waals surface area contributed by atoms with Crippen molar-refractivity contribution in [2.75, 3.05) is 0 Å². The number of hydrogen-bond donors (Lipinski definition) is 0. The van der Waals surface area contributed by atoms with E-state index in [4.69, 9.17) is 0 Å². The van der Waals surface area contributed by atoms with Crippen molar-refractivity contribution in [2.24, 2.45) is 35.0 Å². The summed E-state index contributed by atoms with van der Waals surface area (Å²) in [7, 11) is 0. The van der Waals surface area contributed by atoms with Gasteiger partial charge in [0.1, 0.15) is 0 Å². The van der Waals surface area contributed by atoms with E-state index in [0.29, 0.717) is 11.3 Å². The van der Waals surface area contributed by atoms with Gasteiger partial charge in [-0.3, -0.25) is 0 Å². The lowest BCUT2D eigenvalue weighted by Crippen LogP contribution is -2.47. The van der Waals surface area contributed by atoms with Crippen LogP contribution < -0.4 is 0 Å². The SMILES string of the molecule is CCC1C(C)C(C#CCCC(C)(C)C)C1C(C)C. The first kappa shape index (κ1) is 15.6. The van der Waals surface area contributed by atoms with Crippen molar-refractivity contribution in [3.63, 3.8) is 0 Å². The molecule has 4 unspecified atom stereocenters. The van der Waals surface area contributed by atoms with Crippen LogP contribution in [0.3, 0.4) is 0 Å². The van der Waals surface area contributed by atoms with Gasteiger partial charge in [-0.1, -0.05) is 60.8 Å². The summed E-state index contributed by atoms with van der Waals surface area (Å²) in [5.41, 5.74) is 0.420. The molecule has 18 heavy (non-hydrogen) atoms. The molecular weight excluding hydrogens is 216 g/mol. The number of hydrogen-bond acceptors (Lipinski definition) is 0.